The minimum Gasteiger partial charge on any atom is -0.477 e. The Morgan fingerprint density at radius 1 is 1.37 bits per heavy atom. The average molecular weight is 287 g/mol. The van der Waals surface area contributed by atoms with Crippen molar-refractivity contribution >= 4 is 15.8 Å². The van der Waals surface area contributed by atoms with E-state index in [0.29, 0.717) is 11.3 Å². The van der Waals surface area contributed by atoms with Gasteiger partial charge in [-0.05, 0) is 25.5 Å². The first-order valence-corrected chi connectivity index (χ1v) is 7.66. The molecule has 0 fully saturated rings. The molecular formula is C12H17NO5S. The van der Waals surface area contributed by atoms with Gasteiger partial charge >= 0.3 is 5.97 Å². The van der Waals surface area contributed by atoms with Gasteiger partial charge in [-0.25, -0.2) is 13.2 Å². The molecule has 0 atom stereocenters. The fourth-order valence-corrected chi connectivity index (χ4v) is 2.59. The first-order valence-electron chi connectivity index (χ1n) is 5.84. The van der Waals surface area contributed by atoms with Crippen molar-refractivity contribution in [3.63, 3.8) is 0 Å². The molecule has 1 aromatic rings. The molecule has 0 aliphatic carbocycles. The lowest BCUT2D eigenvalue weighted by Gasteiger charge is -2.12. The Kier molecular flexibility index (Phi) is 4.52. The molecular weight excluding hydrogens is 270 g/mol. The fourth-order valence-electron chi connectivity index (χ4n) is 1.84. The predicted molar refractivity (Wildman–Crippen MR) is 71.5 cm³/mol. The standard InChI is InChI=1S/C12H17NO5S/c1-4-19(17,18)6-5-13-9(3)7-8(2)10(11(13)14)12(15)16/h7H,4-6H2,1-3H3,(H,15,16). The van der Waals surface area contributed by atoms with Crippen LogP contribution in [-0.4, -0.2) is 35.6 Å². The van der Waals surface area contributed by atoms with Crippen molar-refractivity contribution in [1.29, 1.82) is 0 Å². The molecule has 0 radical (unpaired) electrons. The quantitative estimate of drug-likeness (QED) is 0.855. The van der Waals surface area contributed by atoms with Crippen LogP contribution in [0.25, 0.3) is 0 Å². The highest BCUT2D eigenvalue weighted by Gasteiger charge is 2.17. The van der Waals surface area contributed by atoms with Gasteiger partial charge in [0.25, 0.3) is 5.56 Å². The Balaban J connectivity index is 3.26. The number of aromatic carboxylic acids is 1. The van der Waals surface area contributed by atoms with Gasteiger partial charge in [-0.1, -0.05) is 6.92 Å². The molecule has 19 heavy (non-hydrogen) atoms. The monoisotopic (exact) mass is 287 g/mol. The summed E-state index contributed by atoms with van der Waals surface area (Å²) in [5, 5.41) is 9.00. The number of carbonyl (C=O) groups is 1. The zero-order valence-corrected chi connectivity index (χ0v) is 12.0. The SMILES string of the molecule is CCS(=O)(=O)CCn1c(C)cc(C)c(C(=O)O)c1=O. The lowest BCUT2D eigenvalue weighted by Crippen LogP contribution is -2.31. The third kappa shape index (κ3) is 3.44. The van der Waals surface area contributed by atoms with E-state index in [1.54, 1.807) is 19.9 Å². The predicted octanol–water partition coefficient (Wildman–Crippen LogP) is 0.598. The zero-order valence-electron chi connectivity index (χ0n) is 11.1. The van der Waals surface area contributed by atoms with Crippen molar-refractivity contribution in [2.75, 3.05) is 11.5 Å². The lowest BCUT2D eigenvalue weighted by atomic mass is 10.1. The van der Waals surface area contributed by atoms with Gasteiger partial charge in [0, 0.05) is 18.0 Å². The normalized spacial score (nSPS) is 11.5. The first-order chi connectivity index (χ1) is 8.69. The van der Waals surface area contributed by atoms with Gasteiger partial charge in [-0.3, -0.25) is 4.79 Å². The van der Waals surface area contributed by atoms with Crippen LogP contribution < -0.4 is 5.56 Å². The number of pyridine rings is 1. The summed E-state index contributed by atoms with van der Waals surface area (Å²) in [4.78, 5) is 23.1. The van der Waals surface area contributed by atoms with Crippen LogP contribution in [0.5, 0.6) is 0 Å². The summed E-state index contributed by atoms with van der Waals surface area (Å²) in [7, 11) is -3.20. The summed E-state index contributed by atoms with van der Waals surface area (Å²) in [6.07, 6.45) is 0. The van der Waals surface area contributed by atoms with E-state index in [9.17, 15) is 18.0 Å². The maximum absolute atomic E-state index is 12.0. The highest BCUT2D eigenvalue weighted by molar-refractivity contribution is 7.91. The maximum atomic E-state index is 12.0. The Labute approximate surface area is 111 Å². The Bertz CT molecular complexity index is 657. The van der Waals surface area contributed by atoms with E-state index < -0.39 is 21.4 Å². The second kappa shape index (κ2) is 5.56. The fraction of sp³-hybridized carbons (Fsp3) is 0.500. The van der Waals surface area contributed by atoms with Gasteiger partial charge in [0.05, 0.1) is 5.75 Å². The summed E-state index contributed by atoms with van der Waals surface area (Å²) in [5.41, 5.74) is -0.0285. The Morgan fingerprint density at radius 2 is 1.95 bits per heavy atom. The van der Waals surface area contributed by atoms with E-state index in [-0.39, 0.29) is 23.6 Å². The van der Waals surface area contributed by atoms with E-state index in [4.69, 9.17) is 5.11 Å². The number of aryl methyl sites for hydroxylation is 2. The van der Waals surface area contributed by atoms with Gasteiger partial charge in [-0.15, -0.1) is 0 Å². The number of nitrogens with zero attached hydrogens (tertiary/aromatic N) is 1. The van der Waals surface area contributed by atoms with Crippen LogP contribution in [0.15, 0.2) is 10.9 Å². The first kappa shape index (κ1) is 15.4. The summed E-state index contributed by atoms with van der Waals surface area (Å²) in [6.45, 7) is 4.70. The summed E-state index contributed by atoms with van der Waals surface area (Å²) >= 11 is 0. The van der Waals surface area contributed by atoms with Crippen LogP contribution in [0.4, 0.5) is 0 Å². The van der Waals surface area contributed by atoms with E-state index >= 15 is 0 Å². The molecule has 0 amide bonds. The minimum absolute atomic E-state index is 0.00154. The van der Waals surface area contributed by atoms with E-state index in [0.717, 1.165) is 0 Å². The topological polar surface area (TPSA) is 93.4 Å². The van der Waals surface area contributed by atoms with Crippen LogP contribution in [-0.2, 0) is 16.4 Å². The van der Waals surface area contributed by atoms with Crippen LogP contribution in [0.3, 0.4) is 0 Å². The molecule has 7 heteroatoms. The second-order valence-electron chi connectivity index (χ2n) is 4.34. The Morgan fingerprint density at radius 3 is 2.42 bits per heavy atom. The van der Waals surface area contributed by atoms with Crippen molar-refractivity contribution in [2.24, 2.45) is 0 Å². The number of rotatable bonds is 5. The van der Waals surface area contributed by atoms with Gasteiger partial charge in [0.2, 0.25) is 0 Å². The largest absolute Gasteiger partial charge is 0.477 e. The number of carboxylic acids is 1. The number of sulfone groups is 1. The molecule has 106 valence electrons. The number of hydrogen-bond acceptors (Lipinski definition) is 4. The van der Waals surface area contributed by atoms with Crippen molar-refractivity contribution in [3.8, 4) is 0 Å². The molecule has 1 aromatic heterocycles. The molecule has 0 unspecified atom stereocenters. The van der Waals surface area contributed by atoms with Crippen molar-refractivity contribution in [1.82, 2.24) is 4.57 Å². The van der Waals surface area contributed by atoms with Gasteiger partial charge < -0.3 is 9.67 Å². The highest BCUT2D eigenvalue weighted by Crippen LogP contribution is 2.07. The van der Waals surface area contributed by atoms with Crippen molar-refractivity contribution in [2.45, 2.75) is 27.3 Å². The molecule has 6 nitrogen and oxygen atoms in total. The smallest absolute Gasteiger partial charge is 0.341 e. The van der Waals surface area contributed by atoms with Crippen LogP contribution in [0.2, 0.25) is 0 Å². The number of carboxylic acid groups (broad SMARTS) is 1. The van der Waals surface area contributed by atoms with Crippen LogP contribution in [0, 0.1) is 13.8 Å². The molecule has 0 aliphatic heterocycles. The van der Waals surface area contributed by atoms with Gasteiger partial charge in [-0.2, -0.15) is 0 Å². The second-order valence-corrected chi connectivity index (χ2v) is 6.81. The summed E-state index contributed by atoms with van der Waals surface area (Å²) < 4.78 is 24.1. The number of hydrogen-bond donors (Lipinski definition) is 1. The molecule has 1 heterocycles. The molecule has 1 N–H and O–H groups in total. The summed E-state index contributed by atoms with van der Waals surface area (Å²) in [5.74, 6) is -1.47. The third-order valence-electron chi connectivity index (χ3n) is 2.98. The molecule has 0 aliphatic rings. The van der Waals surface area contributed by atoms with E-state index in [1.165, 1.54) is 11.5 Å². The van der Waals surface area contributed by atoms with E-state index in [2.05, 4.69) is 0 Å². The lowest BCUT2D eigenvalue weighted by molar-refractivity contribution is 0.0693. The molecule has 0 bridgehead atoms. The maximum Gasteiger partial charge on any atom is 0.341 e. The van der Waals surface area contributed by atoms with Crippen molar-refractivity contribution in [3.05, 3.63) is 33.2 Å². The molecule has 0 spiro atoms. The van der Waals surface area contributed by atoms with Gasteiger partial charge in [0.15, 0.2) is 9.84 Å². The molecule has 0 saturated carbocycles. The van der Waals surface area contributed by atoms with Crippen LogP contribution >= 0.6 is 0 Å². The molecule has 1 rings (SSSR count). The Hall–Kier alpha value is -1.63. The zero-order chi connectivity index (χ0) is 14.8. The van der Waals surface area contributed by atoms with Crippen molar-refractivity contribution < 1.29 is 18.3 Å². The third-order valence-corrected chi connectivity index (χ3v) is 4.67. The van der Waals surface area contributed by atoms with Gasteiger partial charge in [0.1, 0.15) is 5.56 Å². The summed E-state index contributed by atoms with van der Waals surface area (Å²) in [6, 6.07) is 1.57. The highest BCUT2D eigenvalue weighted by atomic mass is 32.2. The van der Waals surface area contributed by atoms with Crippen LogP contribution in [0.1, 0.15) is 28.5 Å². The molecule has 0 saturated heterocycles. The number of aromatic nitrogens is 1. The minimum atomic E-state index is -3.20. The van der Waals surface area contributed by atoms with E-state index in [1.807, 2.05) is 0 Å². The molecule has 0 aromatic carbocycles. The average Bonchev–Trinajstić information content (AvgIpc) is 2.27.